The molecule has 0 radical (unpaired) electrons. The van der Waals surface area contributed by atoms with Crippen molar-refractivity contribution in [2.75, 3.05) is 10.8 Å². The maximum absolute atomic E-state index is 14.2. The second-order valence-corrected chi connectivity index (χ2v) is 13.0. The predicted molar refractivity (Wildman–Crippen MR) is 163 cm³/mol. The molecule has 0 heterocycles. The quantitative estimate of drug-likeness (QED) is 0.311. The number of amides is 2. The Balaban J connectivity index is 1.70. The highest BCUT2D eigenvalue weighted by atomic mass is 35.5. The van der Waals surface area contributed by atoms with E-state index in [0.717, 1.165) is 47.5 Å². The second-order valence-electron chi connectivity index (χ2n) is 10.7. The summed E-state index contributed by atoms with van der Waals surface area (Å²) in [5, 5.41) is 3.59. The molecule has 41 heavy (non-hydrogen) atoms. The van der Waals surface area contributed by atoms with E-state index in [2.05, 4.69) is 5.32 Å². The van der Waals surface area contributed by atoms with Gasteiger partial charge in [0.05, 0.1) is 10.6 Å². The summed E-state index contributed by atoms with van der Waals surface area (Å²) < 4.78 is 29.0. The number of halogens is 1. The second kappa shape index (κ2) is 13.5. The molecule has 0 aromatic heterocycles. The van der Waals surface area contributed by atoms with Gasteiger partial charge in [-0.2, -0.15) is 0 Å². The molecular weight excluding hydrogens is 558 g/mol. The number of hydrogen-bond donors (Lipinski definition) is 1. The Morgan fingerprint density at radius 3 is 2.24 bits per heavy atom. The van der Waals surface area contributed by atoms with Crippen LogP contribution in [-0.4, -0.2) is 43.8 Å². The van der Waals surface area contributed by atoms with Crippen LogP contribution in [0.5, 0.6) is 0 Å². The highest BCUT2D eigenvalue weighted by molar-refractivity contribution is 7.92. The molecule has 2 amide bonds. The van der Waals surface area contributed by atoms with Crippen LogP contribution in [0.25, 0.3) is 0 Å². The van der Waals surface area contributed by atoms with E-state index in [1.54, 1.807) is 50.2 Å². The molecule has 0 saturated heterocycles. The molecule has 1 aliphatic carbocycles. The van der Waals surface area contributed by atoms with Crippen LogP contribution >= 0.6 is 11.6 Å². The molecule has 7 nitrogen and oxygen atoms in total. The zero-order valence-electron chi connectivity index (χ0n) is 23.8. The summed E-state index contributed by atoms with van der Waals surface area (Å²) in [7, 11) is -4.13. The first kappa shape index (κ1) is 30.6. The van der Waals surface area contributed by atoms with Gasteiger partial charge < -0.3 is 10.2 Å². The zero-order chi connectivity index (χ0) is 29.6. The van der Waals surface area contributed by atoms with Gasteiger partial charge in [0, 0.05) is 17.6 Å². The first-order valence-electron chi connectivity index (χ1n) is 14.1. The average Bonchev–Trinajstić information content (AvgIpc) is 2.96. The summed E-state index contributed by atoms with van der Waals surface area (Å²) in [6, 6.07) is 19.9. The van der Waals surface area contributed by atoms with Crippen molar-refractivity contribution < 1.29 is 18.0 Å². The van der Waals surface area contributed by atoms with Gasteiger partial charge in [-0.05, 0) is 80.6 Å². The number of nitrogens with zero attached hydrogens (tertiary/aromatic N) is 2. The molecule has 1 fully saturated rings. The fourth-order valence-corrected chi connectivity index (χ4v) is 6.98. The summed E-state index contributed by atoms with van der Waals surface area (Å²) in [4.78, 5) is 29.1. The van der Waals surface area contributed by atoms with E-state index in [1.807, 2.05) is 31.2 Å². The van der Waals surface area contributed by atoms with Crippen LogP contribution < -0.4 is 9.62 Å². The fourth-order valence-electron chi connectivity index (χ4n) is 5.25. The predicted octanol–water partition coefficient (Wildman–Crippen LogP) is 6.02. The van der Waals surface area contributed by atoms with Gasteiger partial charge in [-0.1, -0.05) is 73.3 Å². The fraction of sp³-hybridized carbons (Fsp3) is 0.375. The minimum Gasteiger partial charge on any atom is -0.352 e. The number of aryl methyl sites for hydroxylation is 2. The van der Waals surface area contributed by atoms with Crippen molar-refractivity contribution in [3.63, 3.8) is 0 Å². The molecule has 0 aliphatic heterocycles. The van der Waals surface area contributed by atoms with Gasteiger partial charge in [0.15, 0.2) is 0 Å². The summed E-state index contributed by atoms with van der Waals surface area (Å²) in [5.41, 5.74) is 2.82. The molecule has 9 heteroatoms. The molecule has 1 saturated carbocycles. The largest absolute Gasteiger partial charge is 0.352 e. The normalized spacial score (nSPS) is 14.7. The van der Waals surface area contributed by atoms with Crippen LogP contribution in [0, 0.1) is 13.8 Å². The lowest BCUT2D eigenvalue weighted by Gasteiger charge is -2.34. The number of sulfonamides is 1. The third-order valence-electron chi connectivity index (χ3n) is 7.76. The number of carbonyl (C=O) groups is 2. The monoisotopic (exact) mass is 595 g/mol. The van der Waals surface area contributed by atoms with Gasteiger partial charge in [-0.3, -0.25) is 13.9 Å². The van der Waals surface area contributed by atoms with Crippen LogP contribution in [0.3, 0.4) is 0 Å². The Morgan fingerprint density at radius 2 is 1.59 bits per heavy atom. The molecule has 0 unspecified atom stereocenters. The van der Waals surface area contributed by atoms with E-state index in [1.165, 1.54) is 17.0 Å². The molecule has 4 rings (SSSR count). The molecule has 1 aliphatic rings. The molecule has 0 bridgehead atoms. The van der Waals surface area contributed by atoms with Crippen molar-refractivity contribution in [3.05, 3.63) is 94.5 Å². The third kappa shape index (κ3) is 7.49. The van der Waals surface area contributed by atoms with Crippen LogP contribution in [0.15, 0.2) is 77.7 Å². The molecule has 3 aromatic rings. The number of nitrogens with one attached hydrogen (secondary N) is 1. The van der Waals surface area contributed by atoms with Crippen LogP contribution in [0.1, 0.15) is 55.7 Å². The number of rotatable bonds is 10. The lowest BCUT2D eigenvalue weighted by Crippen LogP contribution is -2.53. The minimum atomic E-state index is -4.13. The van der Waals surface area contributed by atoms with E-state index < -0.39 is 28.5 Å². The maximum Gasteiger partial charge on any atom is 0.264 e. The van der Waals surface area contributed by atoms with Crippen molar-refractivity contribution in [1.29, 1.82) is 0 Å². The minimum absolute atomic E-state index is 0.0655. The lowest BCUT2D eigenvalue weighted by molar-refractivity contribution is -0.139. The molecular formula is C32H38ClN3O4S. The summed E-state index contributed by atoms with van der Waals surface area (Å²) in [6.07, 6.45) is 5.14. The number of anilines is 1. The van der Waals surface area contributed by atoms with Gasteiger partial charge in [-0.15, -0.1) is 0 Å². The average molecular weight is 596 g/mol. The van der Waals surface area contributed by atoms with Crippen molar-refractivity contribution in [2.45, 2.75) is 76.4 Å². The Morgan fingerprint density at radius 1 is 0.927 bits per heavy atom. The van der Waals surface area contributed by atoms with Crippen LogP contribution in [0.2, 0.25) is 5.02 Å². The number of benzene rings is 3. The van der Waals surface area contributed by atoms with Crippen molar-refractivity contribution in [3.8, 4) is 0 Å². The summed E-state index contributed by atoms with van der Waals surface area (Å²) in [6.45, 7) is 5.10. The van der Waals surface area contributed by atoms with Gasteiger partial charge in [0.2, 0.25) is 11.8 Å². The van der Waals surface area contributed by atoms with Crippen LogP contribution in [0.4, 0.5) is 5.69 Å². The third-order valence-corrected chi connectivity index (χ3v) is 9.77. The Hall–Kier alpha value is -3.36. The number of hydrogen-bond acceptors (Lipinski definition) is 4. The SMILES string of the molecule is Cc1ccccc1CN(C(=O)CN(c1ccc(Cl)cc1C)S(=O)(=O)c1ccccc1)[C@@H](C)C(=O)NC1CCCCC1. The Bertz CT molecular complexity index is 1470. The molecule has 0 spiro atoms. The highest BCUT2D eigenvalue weighted by Crippen LogP contribution is 2.29. The first-order chi connectivity index (χ1) is 19.6. The molecule has 3 aromatic carbocycles. The van der Waals surface area contributed by atoms with Gasteiger partial charge in [0.25, 0.3) is 10.0 Å². The summed E-state index contributed by atoms with van der Waals surface area (Å²) in [5.74, 6) is -0.715. The smallest absolute Gasteiger partial charge is 0.264 e. The highest BCUT2D eigenvalue weighted by Gasteiger charge is 2.34. The lowest BCUT2D eigenvalue weighted by atomic mass is 9.95. The van der Waals surface area contributed by atoms with Crippen molar-refractivity contribution in [1.82, 2.24) is 10.2 Å². The topological polar surface area (TPSA) is 86.8 Å². The standard InChI is InChI=1S/C32H38ClN3O4S/c1-23-12-10-11-13-26(23)21-35(25(3)32(38)34-28-14-6-4-7-15-28)31(37)22-36(30-19-18-27(33)20-24(30)2)41(39,40)29-16-8-5-9-17-29/h5,8-13,16-20,25,28H,4,6-7,14-15,21-22H2,1-3H3,(H,34,38)/t25-/m0/s1. The van der Waals surface area contributed by atoms with E-state index >= 15 is 0 Å². The van der Waals surface area contributed by atoms with Gasteiger partial charge >= 0.3 is 0 Å². The number of carbonyl (C=O) groups excluding carboxylic acids is 2. The molecule has 218 valence electrons. The first-order valence-corrected chi connectivity index (χ1v) is 15.9. The maximum atomic E-state index is 14.2. The van der Waals surface area contributed by atoms with E-state index in [9.17, 15) is 18.0 Å². The molecule has 1 atom stereocenters. The van der Waals surface area contributed by atoms with Crippen LogP contribution in [-0.2, 0) is 26.2 Å². The zero-order valence-corrected chi connectivity index (χ0v) is 25.4. The van der Waals surface area contributed by atoms with Crippen molar-refractivity contribution in [2.24, 2.45) is 0 Å². The Labute approximate surface area is 248 Å². The van der Waals surface area contributed by atoms with E-state index in [4.69, 9.17) is 11.6 Å². The molecule has 1 N–H and O–H groups in total. The van der Waals surface area contributed by atoms with E-state index in [-0.39, 0.29) is 23.4 Å². The van der Waals surface area contributed by atoms with E-state index in [0.29, 0.717) is 16.3 Å². The summed E-state index contributed by atoms with van der Waals surface area (Å²) >= 11 is 6.18. The van der Waals surface area contributed by atoms with Gasteiger partial charge in [-0.25, -0.2) is 8.42 Å². The van der Waals surface area contributed by atoms with Gasteiger partial charge in [0.1, 0.15) is 12.6 Å². The van der Waals surface area contributed by atoms with Crippen molar-refractivity contribution >= 4 is 39.1 Å². The Kier molecular flexibility index (Phi) is 10.1.